The van der Waals surface area contributed by atoms with Gasteiger partial charge >= 0.3 is 0 Å². The number of aryl methyl sites for hydroxylation is 2. The maximum Gasteiger partial charge on any atom is 0.123 e. The number of hydrogen-bond donors (Lipinski definition) is 0. The minimum atomic E-state index is -0.265. The van der Waals surface area contributed by atoms with Crippen LogP contribution in [0.1, 0.15) is 11.3 Å². The molecule has 5 rings (SSSR count). The van der Waals surface area contributed by atoms with Gasteiger partial charge in [0, 0.05) is 28.5 Å². The molecular weight excluding hydrogens is 411 g/mol. The number of benzene rings is 2. The Bertz CT molecular complexity index is 1270. The number of nitrogens with zero attached hydrogens (tertiary/aromatic N) is 4. The van der Waals surface area contributed by atoms with E-state index in [1.165, 1.54) is 24.0 Å². The van der Waals surface area contributed by atoms with E-state index in [1.807, 2.05) is 23.6 Å². The van der Waals surface area contributed by atoms with Crippen molar-refractivity contribution >= 4 is 17.1 Å². The van der Waals surface area contributed by atoms with Crippen LogP contribution in [0.5, 0.6) is 0 Å². The van der Waals surface area contributed by atoms with Gasteiger partial charge in [0.05, 0.1) is 16.9 Å². The number of aromatic nitrogens is 4. The van der Waals surface area contributed by atoms with Gasteiger partial charge in [-0.15, -0.1) is 0 Å². The molecule has 0 aliphatic rings. The Morgan fingerprint density at radius 2 is 1.48 bits per heavy atom. The van der Waals surface area contributed by atoms with Crippen LogP contribution in [-0.2, 0) is 0 Å². The zero-order chi connectivity index (χ0) is 21.8. The third-order valence-corrected chi connectivity index (χ3v) is 5.05. The van der Waals surface area contributed by atoms with E-state index in [4.69, 9.17) is 16.7 Å². The highest BCUT2D eigenvalue weighted by Crippen LogP contribution is 2.33. The first-order valence-electron chi connectivity index (χ1n) is 9.75. The molecule has 3 aromatic heterocycles. The molecule has 0 saturated heterocycles. The van der Waals surface area contributed by atoms with Gasteiger partial charge in [-0.1, -0.05) is 41.4 Å². The molecule has 4 nitrogen and oxygen atoms in total. The minimum Gasteiger partial charge on any atom is -0.245 e. The Morgan fingerprint density at radius 3 is 2.06 bits per heavy atom. The smallest absolute Gasteiger partial charge is 0.123 e. The quantitative estimate of drug-likeness (QED) is 0.318. The minimum absolute atomic E-state index is 0.265. The van der Waals surface area contributed by atoms with Crippen LogP contribution in [-0.4, -0.2) is 19.6 Å². The fourth-order valence-electron chi connectivity index (χ4n) is 3.38. The van der Waals surface area contributed by atoms with Gasteiger partial charge in [0.1, 0.15) is 12.1 Å². The van der Waals surface area contributed by atoms with E-state index in [0.29, 0.717) is 5.02 Å². The molecule has 0 N–H and O–H groups in total. The standard InChI is InChI=1S/C21H16ClFN2.C4H4N2/c1-13-3-5-16(6-4-13)21-14(2)24-25-19(11-17(22)12-20(21)25)15-7-9-18(23)10-8-15;1-2-5-4-6-3-1/h3-12H,1-2H3;1-4H. The van der Waals surface area contributed by atoms with Gasteiger partial charge in [-0.3, -0.25) is 0 Å². The van der Waals surface area contributed by atoms with Gasteiger partial charge in [-0.25, -0.2) is 18.9 Å². The van der Waals surface area contributed by atoms with E-state index in [1.54, 1.807) is 30.6 Å². The van der Waals surface area contributed by atoms with Crippen LogP contribution in [0.15, 0.2) is 85.5 Å². The zero-order valence-corrected chi connectivity index (χ0v) is 17.9. The molecule has 0 aliphatic carbocycles. The van der Waals surface area contributed by atoms with Crippen LogP contribution < -0.4 is 0 Å². The molecule has 0 fully saturated rings. The predicted octanol–water partition coefficient (Wildman–Crippen LogP) is 6.55. The molecule has 2 aromatic carbocycles. The SMILES string of the molecule is Cc1ccc(-c2c(C)nn3c(-c4ccc(F)cc4)cc(Cl)cc23)cc1.c1cncnc1. The van der Waals surface area contributed by atoms with Gasteiger partial charge in [-0.2, -0.15) is 5.10 Å². The Balaban J connectivity index is 0.000000334. The lowest BCUT2D eigenvalue weighted by atomic mass is 10.0. The largest absolute Gasteiger partial charge is 0.245 e. The predicted molar refractivity (Wildman–Crippen MR) is 123 cm³/mol. The van der Waals surface area contributed by atoms with Crippen LogP contribution in [0.4, 0.5) is 4.39 Å². The lowest BCUT2D eigenvalue weighted by Crippen LogP contribution is -1.94. The summed E-state index contributed by atoms with van der Waals surface area (Å²) in [6.45, 7) is 4.06. The highest BCUT2D eigenvalue weighted by Gasteiger charge is 2.16. The van der Waals surface area contributed by atoms with Gasteiger partial charge < -0.3 is 0 Å². The van der Waals surface area contributed by atoms with E-state index in [9.17, 15) is 4.39 Å². The van der Waals surface area contributed by atoms with Gasteiger partial charge in [0.15, 0.2) is 0 Å². The monoisotopic (exact) mass is 430 g/mol. The van der Waals surface area contributed by atoms with Crippen molar-refractivity contribution in [1.29, 1.82) is 0 Å². The summed E-state index contributed by atoms with van der Waals surface area (Å²) in [4.78, 5) is 7.35. The Hall–Kier alpha value is -3.57. The third-order valence-electron chi connectivity index (χ3n) is 4.83. The molecule has 31 heavy (non-hydrogen) atoms. The maximum atomic E-state index is 13.3. The molecule has 0 saturated carbocycles. The van der Waals surface area contributed by atoms with Crippen molar-refractivity contribution in [2.75, 3.05) is 0 Å². The van der Waals surface area contributed by atoms with Crippen molar-refractivity contribution in [3.8, 4) is 22.4 Å². The van der Waals surface area contributed by atoms with Gasteiger partial charge in [0.2, 0.25) is 0 Å². The number of pyridine rings is 1. The molecule has 0 radical (unpaired) electrons. The molecule has 5 aromatic rings. The molecule has 3 heterocycles. The molecule has 6 heteroatoms. The maximum absolute atomic E-state index is 13.3. The summed E-state index contributed by atoms with van der Waals surface area (Å²) in [6, 6.07) is 20.3. The van der Waals surface area contributed by atoms with Crippen LogP contribution in [0, 0.1) is 19.7 Å². The van der Waals surface area contributed by atoms with Crippen molar-refractivity contribution < 1.29 is 4.39 Å². The second-order valence-corrected chi connectivity index (χ2v) is 7.53. The second kappa shape index (κ2) is 9.06. The average molecular weight is 431 g/mol. The molecule has 0 aliphatic heterocycles. The Kier molecular flexibility index (Phi) is 6.05. The van der Waals surface area contributed by atoms with Crippen LogP contribution in [0.25, 0.3) is 27.9 Å². The summed E-state index contributed by atoms with van der Waals surface area (Å²) in [7, 11) is 0. The summed E-state index contributed by atoms with van der Waals surface area (Å²) >= 11 is 6.38. The van der Waals surface area contributed by atoms with Gasteiger partial charge in [0.25, 0.3) is 0 Å². The van der Waals surface area contributed by atoms with Crippen molar-refractivity contribution in [3.63, 3.8) is 0 Å². The average Bonchev–Trinajstić information content (AvgIpc) is 3.12. The van der Waals surface area contributed by atoms with Crippen LogP contribution in [0.2, 0.25) is 5.02 Å². The van der Waals surface area contributed by atoms with E-state index in [-0.39, 0.29) is 5.82 Å². The first kappa shape index (κ1) is 20.7. The van der Waals surface area contributed by atoms with Crippen molar-refractivity contribution in [1.82, 2.24) is 19.6 Å². The molecular formula is C25H20ClFN4. The Labute approximate surface area is 185 Å². The molecule has 154 valence electrons. The summed E-state index contributed by atoms with van der Waals surface area (Å²) < 4.78 is 15.1. The molecule has 0 amide bonds. The second-order valence-electron chi connectivity index (χ2n) is 7.09. The first-order valence-corrected chi connectivity index (χ1v) is 10.1. The van der Waals surface area contributed by atoms with Crippen molar-refractivity contribution in [2.45, 2.75) is 13.8 Å². The van der Waals surface area contributed by atoms with Crippen LogP contribution in [0.3, 0.4) is 0 Å². The summed E-state index contributed by atoms with van der Waals surface area (Å²) in [5.74, 6) is -0.265. The number of rotatable bonds is 2. The molecule has 0 bridgehead atoms. The summed E-state index contributed by atoms with van der Waals surface area (Å²) in [5, 5.41) is 5.34. The Morgan fingerprint density at radius 1 is 0.839 bits per heavy atom. The highest BCUT2D eigenvalue weighted by atomic mass is 35.5. The van der Waals surface area contributed by atoms with Crippen molar-refractivity contribution in [3.05, 3.63) is 108 Å². The fraction of sp³-hybridized carbons (Fsp3) is 0.0800. The van der Waals surface area contributed by atoms with Crippen LogP contribution >= 0.6 is 11.6 Å². The third kappa shape index (κ3) is 4.62. The molecule has 0 unspecified atom stereocenters. The lowest BCUT2D eigenvalue weighted by Gasteiger charge is -2.08. The lowest BCUT2D eigenvalue weighted by molar-refractivity contribution is 0.628. The highest BCUT2D eigenvalue weighted by molar-refractivity contribution is 6.31. The molecule has 0 atom stereocenters. The van der Waals surface area contributed by atoms with E-state index < -0.39 is 0 Å². The zero-order valence-electron chi connectivity index (χ0n) is 17.1. The normalized spacial score (nSPS) is 10.6. The van der Waals surface area contributed by atoms with E-state index in [0.717, 1.165) is 33.6 Å². The topological polar surface area (TPSA) is 43.1 Å². The number of fused-ring (bicyclic) bond motifs is 1. The first-order chi connectivity index (χ1) is 15.0. The fourth-order valence-corrected chi connectivity index (χ4v) is 3.59. The van der Waals surface area contributed by atoms with Gasteiger partial charge in [-0.05, 0) is 61.9 Å². The van der Waals surface area contributed by atoms with E-state index in [2.05, 4.69) is 41.2 Å². The van der Waals surface area contributed by atoms with Crippen molar-refractivity contribution in [2.24, 2.45) is 0 Å². The number of halogens is 2. The number of hydrogen-bond acceptors (Lipinski definition) is 3. The summed E-state index contributed by atoms with van der Waals surface area (Å²) in [5.41, 5.74) is 6.94. The van der Waals surface area contributed by atoms with E-state index >= 15 is 0 Å². The molecule has 0 spiro atoms. The summed E-state index contributed by atoms with van der Waals surface area (Å²) in [6.07, 6.45) is 4.88.